The van der Waals surface area contributed by atoms with Gasteiger partial charge in [-0.15, -0.1) is 0 Å². The van der Waals surface area contributed by atoms with Crippen molar-refractivity contribution in [1.82, 2.24) is 59.8 Å². The van der Waals surface area contributed by atoms with E-state index in [0.717, 1.165) is 185 Å². The maximum Gasteiger partial charge on any atom is 0.163 e. The summed E-state index contributed by atoms with van der Waals surface area (Å²) < 4.78 is 18.3. The number of benzene rings is 16. The Hall–Kier alpha value is -17.8. The predicted octanol–water partition coefficient (Wildman–Crippen LogP) is 35.0. The minimum Gasteiger partial charge on any atom is -0.456 e. The van der Waals surface area contributed by atoms with Crippen LogP contribution in [0.4, 0.5) is 0 Å². The van der Waals surface area contributed by atoms with Crippen molar-refractivity contribution in [1.29, 1.82) is 0 Å². The summed E-state index contributed by atoms with van der Waals surface area (Å²) >= 11 is 0. The van der Waals surface area contributed by atoms with Gasteiger partial charge in [0.2, 0.25) is 0 Å². The molecule has 0 N–H and O–H groups in total. The fraction of sp³-hybridized carbons (Fsp3) is 0.149. The first kappa shape index (κ1) is 98.6. The summed E-state index contributed by atoms with van der Waals surface area (Å²) in [6.07, 6.45) is 0. The van der Waals surface area contributed by atoms with Crippen molar-refractivity contribution in [3.63, 3.8) is 0 Å². The van der Waals surface area contributed by atoms with Crippen molar-refractivity contribution < 1.29 is 13.3 Å². The Labute approximate surface area is 870 Å². The monoisotopic (exact) mass is 1940 g/mol. The standard InChI is InChI=1S/C31H27N3.3C26H22N2O.C25H23N3/c1-31(2,3)30-33-28(26-18-14-24(15-19-26)22-10-6-4-7-11-22)32-29(34-30)27-20-16-25(17-21-27)23-12-8-5-9-13-23;1-26(2,3)25-27-21(17-10-5-4-6-11-17)16-22(28-25)20-14-9-13-19-18-12-7-8-15-23(18)29-24(19)20;1-26(2,3)25-27-21(17-9-5-4-6-10-17)16-22(28-25)18-13-14-24-20(15-18)19-11-7-8-12-23(19)29-24;1-26(2,3)25-27-21(17-9-5-4-6-10-17)16-22(28-25)18-13-14-20-19-11-7-8-12-23(19)29-24(20)15-18;1-25(2,3)24-27-22(20-12-8-5-9-13-20)26-23(28-24)21-16-14-19(15-17-21)18-10-6-4-7-11-18/h4-21H,1-3H3;3*4-16H,1-3H3;4-17H,1-3H3. The molecule has 0 radical (unpaired) electrons. The largest absolute Gasteiger partial charge is 0.456 e. The zero-order chi connectivity index (χ0) is 103. The van der Waals surface area contributed by atoms with Gasteiger partial charge in [0.25, 0.3) is 0 Å². The molecule has 0 amide bonds. The van der Waals surface area contributed by atoms with Gasteiger partial charge in [0.15, 0.2) is 23.3 Å². The van der Waals surface area contributed by atoms with Gasteiger partial charge in [0.1, 0.15) is 62.6 Å². The van der Waals surface area contributed by atoms with Crippen molar-refractivity contribution in [3.8, 4) is 146 Å². The molecule has 0 aliphatic carbocycles. The molecule has 0 saturated carbocycles. The fourth-order valence-electron chi connectivity index (χ4n) is 17.6. The maximum absolute atomic E-state index is 6.25. The number of rotatable bonds is 13. The van der Waals surface area contributed by atoms with Crippen LogP contribution < -0.4 is 0 Å². The van der Waals surface area contributed by atoms with Gasteiger partial charge in [-0.3, -0.25) is 0 Å². The molecule has 24 aromatic rings. The predicted molar refractivity (Wildman–Crippen MR) is 612 cm³/mol. The van der Waals surface area contributed by atoms with Crippen molar-refractivity contribution >= 4 is 65.8 Å². The number of fused-ring (bicyclic) bond motifs is 9. The molecule has 0 bridgehead atoms. The third-order valence-electron chi connectivity index (χ3n) is 25.8. The van der Waals surface area contributed by atoms with Crippen LogP contribution in [0.2, 0.25) is 0 Å². The van der Waals surface area contributed by atoms with Gasteiger partial charge in [-0.2, -0.15) is 0 Å². The number of nitrogens with zero attached hydrogens (tertiary/aromatic N) is 12. The van der Waals surface area contributed by atoms with E-state index >= 15 is 0 Å². The second-order valence-corrected chi connectivity index (χ2v) is 42.4. The van der Waals surface area contributed by atoms with Gasteiger partial charge in [0, 0.05) is 115 Å². The van der Waals surface area contributed by atoms with Crippen LogP contribution in [0, 0.1) is 0 Å². The molecule has 15 nitrogen and oxygen atoms in total. The van der Waals surface area contributed by atoms with Crippen LogP contribution in [0.3, 0.4) is 0 Å². The Bertz CT molecular complexity index is 8720. The molecule has 16 aromatic carbocycles. The van der Waals surface area contributed by atoms with E-state index in [1.54, 1.807) is 0 Å². The van der Waals surface area contributed by atoms with Crippen LogP contribution in [0.5, 0.6) is 0 Å². The Morgan fingerprint density at radius 3 is 0.732 bits per heavy atom. The van der Waals surface area contributed by atoms with Crippen molar-refractivity contribution in [3.05, 3.63) is 460 Å². The maximum atomic E-state index is 6.25. The molecule has 24 rings (SSSR count). The zero-order valence-corrected chi connectivity index (χ0v) is 86.6. The molecule has 0 aliphatic rings. The minimum atomic E-state index is -0.194. The summed E-state index contributed by atoms with van der Waals surface area (Å²) in [5.74, 6) is 6.88. The highest BCUT2D eigenvalue weighted by molar-refractivity contribution is 6.10. The normalized spacial score (nSPS) is 11.7. The van der Waals surface area contributed by atoms with E-state index in [1.807, 2.05) is 164 Å². The van der Waals surface area contributed by atoms with Gasteiger partial charge < -0.3 is 13.3 Å². The van der Waals surface area contributed by atoms with Crippen LogP contribution >= 0.6 is 0 Å². The van der Waals surface area contributed by atoms with Crippen LogP contribution in [0.25, 0.3) is 212 Å². The summed E-state index contributed by atoms with van der Waals surface area (Å²) in [4.78, 5) is 58.3. The van der Waals surface area contributed by atoms with E-state index in [9.17, 15) is 0 Å². The summed E-state index contributed by atoms with van der Waals surface area (Å²) in [5.41, 5.74) is 27.4. The van der Waals surface area contributed by atoms with E-state index in [4.69, 9.17) is 73.1 Å². The number of aromatic nitrogens is 12. The molecule has 149 heavy (non-hydrogen) atoms. The SMILES string of the molecule is CC(C)(C)c1nc(-c2ccc(-c3ccccc3)cc2)nc(-c2ccc(-c3ccccc3)cc2)n1.CC(C)(C)c1nc(-c2ccccc2)cc(-c2ccc3c(c2)oc2ccccc23)n1.CC(C)(C)c1nc(-c2ccccc2)cc(-c2ccc3oc4ccccc4c3c2)n1.CC(C)(C)c1nc(-c2ccccc2)cc(-c2cccc3c2oc2ccccc23)n1.CC(C)(C)c1nc(-c2ccccc2)nc(-c2ccc(-c3ccccc3)cc2)n1. The van der Waals surface area contributed by atoms with E-state index in [2.05, 4.69) is 371 Å². The molecule has 0 saturated heterocycles. The van der Waals surface area contributed by atoms with Gasteiger partial charge in [-0.25, -0.2) is 59.8 Å². The Morgan fingerprint density at radius 1 is 0.141 bits per heavy atom. The number of hydrogen-bond donors (Lipinski definition) is 0. The molecule has 0 atom stereocenters. The lowest BCUT2D eigenvalue weighted by Crippen LogP contribution is -2.18. The first-order valence-electron chi connectivity index (χ1n) is 50.6. The molecule has 8 aromatic heterocycles. The first-order valence-corrected chi connectivity index (χ1v) is 50.6. The molecule has 0 spiro atoms. The summed E-state index contributed by atoms with van der Waals surface area (Å²) in [6.45, 7) is 32.1. The topological polar surface area (TPSA) is 194 Å². The van der Waals surface area contributed by atoms with E-state index in [1.165, 1.54) is 33.4 Å². The van der Waals surface area contributed by atoms with E-state index in [0.29, 0.717) is 23.3 Å². The Morgan fingerprint density at radius 2 is 0.369 bits per heavy atom. The van der Waals surface area contributed by atoms with Gasteiger partial charge in [-0.1, -0.05) is 462 Å². The number of hydrogen-bond acceptors (Lipinski definition) is 15. The molecule has 730 valence electrons. The third-order valence-corrected chi connectivity index (χ3v) is 25.8. The minimum absolute atomic E-state index is 0.147. The highest BCUT2D eigenvalue weighted by Crippen LogP contribution is 2.42. The number of furan rings is 3. The Kier molecular flexibility index (Phi) is 27.8. The van der Waals surface area contributed by atoms with E-state index < -0.39 is 0 Å². The van der Waals surface area contributed by atoms with Crippen LogP contribution in [-0.4, -0.2) is 59.8 Å². The third kappa shape index (κ3) is 22.7. The molecule has 0 fully saturated rings. The second-order valence-electron chi connectivity index (χ2n) is 42.4. The molecule has 15 heteroatoms. The highest BCUT2D eigenvalue weighted by Gasteiger charge is 2.29. The molecule has 0 aliphatic heterocycles. The van der Waals surface area contributed by atoms with Crippen molar-refractivity contribution in [2.45, 2.75) is 131 Å². The van der Waals surface area contributed by atoms with Crippen molar-refractivity contribution in [2.24, 2.45) is 0 Å². The number of para-hydroxylation sites is 4. The quantitative estimate of drug-likeness (QED) is 0.106. The molecule has 8 heterocycles. The lowest BCUT2D eigenvalue weighted by molar-refractivity contribution is 0.543. The Balaban J connectivity index is 0.000000113. The first-order chi connectivity index (χ1) is 72.0. The van der Waals surface area contributed by atoms with Gasteiger partial charge >= 0.3 is 0 Å². The zero-order valence-electron chi connectivity index (χ0n) is 86.6. The average molecular weight is 1940 g/mol. The van der Waals surface area contributed by atoms with Gasteiger partial charge in [-0.05, 0) is 106 Å². The smallest absolute Gasteiger partial charge is 0.163 e. The van der Waals surface area contributed by atoms with Crippen LogP contribution in [0.1, 0.15) is 133 Å². The lowest BCUT2D eigenvalue weighted by atomic mass is 9.94. The van der Waals surface area contributed by atoms with Crippen molar-refractivity contribution in [2.75, 3.05) is 0 Å². The highest BCUT2D eigenvalue weighted by atomic mass is 16.3. The van der Waals surface area contributed by atoms with Gasteiger partial charge in [0.05, 0.1) is 34.2 Å². The molecular formula is C134H116N12O3. The molecular weight excluding hydrogens is 1830 g/mol. The van der Waals surface area contributed by atoms with Crippen LogP contribution in [-0.2, 0) is 27.1 Å². The summed E-state index contributed by atoms with van der Waals surface area (Å²) in [6, 6.07) is 147. The molecule has 0 unspecified atom stereocenters. The van der Waals surface area contributed by atoms with E-state index in [-0.39, 0.29) is 27.1 Å². The average Bonchev–Trinajstić information content (AvgIpc) is 1.60. The lowest BCUT2D eigenvalue weighted by Gasteiger charge is -2.19. The fourth-order valence-corrected chi connectivity index (χ4v) is 17.6. The second kappa shape index (κ2) is 42.1. The summed E-state index contributed by atoms with van der Waals surface area (Å²) in [5, 5.41) is 6.72. The summed E-state index contributed by atoms with van der Waals surface area (Å²) in [7, 11) is 0. The van der Waals surface area contributed by atoms with Crippen LogP contribution in [0.15, 0.2) is 444 Å².